The van der Waals surface area contributed by atoms with Gasteiger partial charge in [-0.1, -0.05) is 188 Å². The summed E-state index contributed by atoms with van der Waals surface area (Å²) in [5.74, 6) is -20.1. The van der Waals surface area contributed by atoms with Gasteiger partial charge in [-0.25, -0.2) is 31.0 Å². The number of methoxy groups -OCH3 is 1. The van der Waals surface area contributed by atoms with Crippen LogP contribution in [0.1, 0.15) is 174 Å². The largest absolute Gasteiger partial charge is 0.467 e. The maximum atomic E-state index is 13.3. The Balaban J connectivity index is 0.000000736. The van der Waals surface area contributed by atoms with Gasteiger partial charge in [-0.05, 0) is 122 Å². The first-order valence-corrected chi connectivity index (χ1v) is 42.4. The summed E-state index contributed by atoms with van der Waals surface area (Å²) in [5, 5.41) is 3.50. The lowest BCUT2D eigenvalue weighted by molar-refractivity contribution is -0.140. The summed E-state index contributed by atoms with van der Waals surface area (Å²) in [4.78, 5) is 118. The summed E-state index contributed by atoms with van der Waals surface area (Å²) < 4.78 is 173. The van der Waals surface area contributed by atoms with Crippen LogP contribution in [0.5, 0.6) is 46.6 Å². The van der Waals surface area contributed by atoms with Gasteiger partial charge in [0.2, 0.25) is 46.6 Å². The van der Waals surface area contributed by atoms with E-state index in [2.05, 4.69) is 34.7 Å². The van der Waals surface area contributed by atoms with Gasteiger partial charge in [0.1, 0.15) is 23.1 Å². The number of nitrogens with one attached hydrogen (secondary N) is 1. The third-order valence-corrected chi connectivity index (χ3v) is 17.9. The smallest absolute Gasteiger partial charge is 0.330 e. The molecule has 0 aliphatic rings. The Morgan fingerprint density at radius 2 is 0.805 bits per heavy atom. The first kappa shape index (κ1) is 114. The molecule has 1 N–H and O–H groups in total. The maximum Gasteiger partial charge on any atom is 0.330 e. The molecule has 0 saturated carbocycles. The SMILES string of the molecule is CCNC(=O)/C=C(\OC(=O)C(C)C)c1cccc(S(C)(=O)=O)c1.COc1nc(C)nc(OC(=O)C(C)C)n1.Cc1c(F)c(F)c(OC(=O)C(C)C)c(F)c1F.Cc1c(F)c(F)c(OC(=O)C(C)C)c(F)c1F.Cc1cc(C)c(OC(=O)C(C)C)c(C)c1.Cc1cc(Cl)c(OC(=O)C(C)C)cc1Cl.Cc1ccc(OC(=O)C(C)C)cc1.Cc1ccc(OC(=O)C(C)C)nc1. The molecule has 36 heteroatoms. The molecule has 0 fully saturated rings. The Hall–Kier alpha value is -11.8. The molecule has 0 aliphatic heterocycles. The second kappa shape index (κ2) is 54.4. The highest BCUT2D eigenvalue weighted by Crippen LogP contribution is 2.34. The predicted octanol–water partition coefficient (Wildman–Crippen LogP) is 20.3. The van der Waals surface area contributed by atoms with Crippen molar-refractivity contribution in [1.82, 2.24) is 25.3 Å². The second-order valence-corrected chi connectivity index (χ2v) is 33.5. The van der Waals surface area contributed by atoms with Crippen molar-refractivity contribution in [2.75, 3.05) is 19.9 Å². The van der Waals surface area contributed by atoms with Crippen molar-refractivity contribution >= 4 is 92.5 Å². The minimum absolute atomic E-state index is 0.0140. The molecule has 1 amide bonds. The molecule has 0 spiro atoms. The van der Waals surface area contributed by atoms with Crippen LogP contribution in [0.25, 0.3) is 5.76 Å². The van der Waals surface area contributed by atoms with Gasteiger partial charge in [-0.15, -0.1) is 4.98 Å². The molecule has 8 rings (SSSR count). The molecular formula is C92H111Cl2F8N5O20S. The van der Waals surface area contributed by atoms with Crippen molar-refractivity contribution in [1.29, 1.82) is 0 Å². The number of pyridine rings is 1. The van der Waals surface area contributed by atoms with Crippen molar-refractivity contribution in [2.45, 2.75) is 185 Å². The molecule has 700 valence electrons. The number of sulfone groups is 1. The topological polar surface area (TPSA) is 334 Å². The van der Waals surface area contributed by atoms with Gasteiger partial charge in [0.25, 0.3) is 0 Å². The lowest BCUT2D eigenvalue weighted by atomic mass is 10.1. The van der Waals surface area contributed by atoms with Gasteiger partial charge in [0.15, 0.2) is 38.9 Å². The fourth-order valence-electron chi connectivity index (χ4n) is 8.51. The number of hydrogen-bond donors (Lipinski definition) is 1. The number of ether oxygens (including phenoxy) is 9. The summed E-state index contributed by atoms with van der Waals surface area (Å²) in [5.41, 5.74) is 5.01. The van der Waals surface area contributed by atoms with Crippen LogP contribution in [0.4, 0.5) is 35.1 Å². The number of aryl methyl sites for hydroxylation is 7. The average Bonchev–Trinajstić information content (AvgIpc) is 0.794. The minimum Gasteiger partial charge on any atom is -0.467 e. The van der Waals surface area contributed by atoms with E-state index in [1.165, 1.54) is 58.6 Å². The molecule has 0 radical (unpaired) electrons. The van der Waals surface area contributed by atoms with E-state index in [1.807, 2.05) is 99.6 Å². The molecule has 0 aliphatic carbocycles. The number of esters is 8. The molecule has 0 atom stereocenters. The molecule has 2 heterocycles. The lowest BCUT2D eigenvalue weighted by Crippen LogP contribution is -2.21. The summed E-state index contributed by atoms with van der Waals surface area (Å²) in [7, 11) is -1.98. The standard InChI is InChI=1S/C16H21NO5S.C13H18O2.C11H12Cl2O2.2C11H10F4O2.C11H14O2.C10H13NO2.C9H13N3O3/c1-5-17-15(18)10-14(22-16(19)11(2)3)12-7-6-8-13(9-12)23(4,20)21;1-8(2)13(14)15-12-10(4)6-9(3)7-11(12)5;1-6(2)11(14)15-10-5-8(12)7(3)4-9(10)13;2*1-4(2)11(16)17-10-8(14)6(12)5(3)7(13)9(10)15;1-8(2)11(12)13-10-6-4-9(3)5-7-10;1-7(2)10(12)13-9-5-4-8(3)6-11-9;1-5(2)7(13)15-9-11-6(3)10-8(12-9)14-4/h6-11H,5H2,1-4H3,(H,17,18);6-8H,1-5H3;4-6H,1-3H3;2*4H,1-3H3;4-8H,1-3H3;4-7H,1-3H3;5H,1-4H3/b14-10-;;;;;;;. The molecule has 0 bridgehead atoms. The molecular weight excluding hydrogens is 1750 g/mol. The first-order valence-electron chi connectivity index (χ1n) is 39.7. The maximum absolute atomic E-state index is 13.3. The van der Waals surface area contributed by atoms with Crippen LogP contribution in [0, 0.1) is 156 Å². The van der Waals surface area contributed by atoms with Crippen molar-refractivity contribution in [3.8, 4) is 46.6 Å². The molecule has 6 aromatic carbocycles. The highest BCUT2D eigenvalue weighted by Gasteiger charge is 2.30. The Morgan fingerprint density at radius 1 is 0.414 bits per heavy atom. The van der Waals surface area contributed by atoms with E-state index in [4.69, 9.17) is 56.4 Å². The van der Waals surface area contributed by atoms with Crippen LogP contribution in [0.3, 0.4) is 0 Å². The van der Waals surface area contributed by atoms with E-state index in [1.54, 1.807) is 112 Å². The fraction of sp³-hybridized carbons (Fsp3) is 0.402. The predicted molar refractivity (Wildman–Crippen MR) is 466 cm³/mol. The van der Waals surface area contributed by atoms with Crippen LogP contribution in [0.15, 0.2) is 102 Å². The number of carbonyl (C=O) groups is 9. The Labute approximate surface area is 751 Å². The number of benzene rings is 6. The number of rotatable bonds is 21. The molecule has 8 aromatic rings. The van der Waals surface area contributed by atoms with Crippen LogP contribution in [-0.2, 0) is 57.7 Å². The molecule has 25 nitrogen and oxygen atoms in total. The van der Waals surface area contributed by atoms with Crippen molar-refractivity contribution in [3.05, 3.63) is 210 Å². The molecule has 0 saturated heterocycles. The second-order valence-electron chi connectivity index (χ2n) is 30.6. The number of hydrogen-bond acceptors (Lipinski definition) is 24. The van der Waals surface area contributed by atoms with E-state index in [-0.39, 0.29) is 88.0 Å². The van der Waals surface area contributed by atoms with Gasteiger partial charge in [0, 0.05) is 58.9 Å². The summed E-state index contributed by atoms with van der Waals surface area (Å²) in [6.07, 6.45) is 3.90. The summed E-state index contributed by atoms with van der Waals surface area (Å²) in [6, 6.07) is 24.3. The quantitative estimate of drug-likeness (QED) is 0.0174. The van der Waals surface area contributed by atoms with E-state index < -0.39 is 115 Å². The monoisotopic (exact) mass is 1860 g/mol. The Kier molecular flexibility index (Phi) is 48.6. The van der Waals surface area contributed by atoms with Crippen LogP contribution in [0.2, 0.25) is 10.0 Å². The Bertz CT molecular complexity index is 5090. The highest BCUT2D eigenvalue weighted by molar-refractivity contribution is 7.90. The van der Waals surface area contributed by atoms with Crippen molar-refractivity contribution in [3.63, 3.8) is 0 Å². The number of aromatic nitrogens is 4. The zero-order valence-electron chi connectivity index (χ0n) is 76.7. The number of nitrogens with zero attached hydrogens (tertiary/aromatic N) is 4. The number of likely N-dealkylation sites (N-methyl/N-ethyl adjacent to an activating group) is 1. The van der Waals surface area contributed by atoms with Crippen LogP contribution in [-0.4, -0.2) is 102 Å². The lowest BCUT2D eigenvalue weighted by Gasteiger charge is -2.12. The van der Waals surface area contributed by atoms with Gasteiger partial charge in [-0.2, -0.15) is 27.5 Å². The van der Waals surface area contributed by atoms with Gasteiger partial charge < -0.3 is 47.9 Å². The zero-order valence-corrected chi connectivity index (χ0v) is 79.0. The van der Waals surface area contributed by atoms with E-state index >= 15 is 0 Å². The van der Waals surface area contributed by atoms with Crippen LogP contribution >= 0.6 is 23.2 Å². The normalized spacial score (nSPS) is 10.8. The third kappa shape index (κ3) is 39.2. The van der Waals surface area contributed by atoms with Crippen LogP contribution < -0.4 is 43.2 Å². The number of carbonyl (C=O) groups excluding carboxylic acids is 9. The molecule has 2 aromatic heterocycles. The van der Waals surface area contributed by atoms with Crippen molar-refractivity contribution in [2.24, 2.45) is 47.3 Å². The summed E-state index contributed by atoms with van der Waals surface area (Å²) >= 11 is 11.8. The average molecular weight is 1860 g/mol. The van der Waals surface area contributed by atoms with E-state index in [9.17, 15) is 86.7 Å². The number of halogens is 10. The minimum atomic E-state index is -3.41. The van der Waals surface area contributed by atoms with E-state index in [0.717, 1.165) is 54.0 Å². The molecule has 0 unspecified atom stereocenters. The van der Waals surface area contributed by atoms with Gasteiger partial charge in [-0.3, -0.25) is 43.2 Å². The first-order chi connectivity index (χ1) is 59.2. The van der Waals surface area contributed by atoms with E-state index in [0.29, 0.717) is 51.1 Å². The summed E-state index contributed by atoms with van der Waals surface area (Å²) in [6.45, 7) is 44.2. The molecule has 128 heavy (non-hydrogen) atoms. The third-order valence-electron chi connectivity index (χ3n) is 16.1. The van der Waals surface area contributed by atoms with Gasteiger partial charge in [0.05, 0.1) is 64.4 Å². The zero-order chi connectivity index (χ0) is 98.6. The van der Waals surface area contributed by atoms with Crippen molar-refractivity contribution < 1.29 is 129 Å². The fourth-order valence-corrected chi connectivity index (χ4v) is 9.59. The van der Waals surface area contributed by atoms with Gasteiger partial charge >= 0.3 is 59.8 Å². The number of amides is 1. The Morgan fingerprint density at radius 3 is 1.20 bits per heavy atom. The highest BCUT2D eigenvalue weighted by atomic mass is 35.5.